The van der Waals surface area contributed by atoms with Crippen LogP contribution >= 0.6 is 0 Å². The molecule has 2 aliphatic heterocycles. The van der Waals surface area contributed by atoms with E-state index in [9.17, 15) is 2.74 Å². The number of fused-ring (bicyclic) bond motifs is 6. The van der Waals surface area contributed by atoms with Crippen LogP contribution < -0.4 is 19.6 Å². The number of aromatic nitrogens is 2. The Balaban J connectivity index is 0.00000818. The summed E-state index contributed by atoms with van der Waals surface area (Å²) in [6.07, 6.45) is 3.41. The third-order valence-corrected chi connectivity index (χ3v) is 16.2. The molecule has 0 radical (unpaired) electrons. The van der Waals surface area contributed by atoms with E-state index in [4.69, 9.17) is 18.2 Å². The Morgan fingerprint density at radius 2 is 1.08 bits per heavy atom. The molecule has 4 heterocycles. The second kappa shape index (κ2) is 23.0. The van der Waals surface area contributed by atoms with Gasteiger partial charge in [-0.25, -0.2) is 9.97 Å². The first kappa shape index (κ1) is 47.6. The van der Waals surface area contributed by atoms with Crippen LogP contribution in [0.1, 0.15) is 69.2 Å². The molecule has 12 aromatic rings. The minimum absolute atomic E-state index is 0. The van der Waals surface area contributed by atoms with Gasteiger partial charge in [-0.2, -0.15) is 6.07 Å². The molecule has 2 aliphatic rings. The summed E-state index contributed by atoms with van der Waals surface area (Å²) >= 11 is 0. The molecule has 0 saturated heterocycles. The Bertz CT molecular complexity index is 4870. The Kier molecular flexibility index (Phi) is 12.6. The largest absolute Gasteiger partial charge is 0.492 e. The van der Waals surface area contributed by atoms with Crippen molar-refractivity contribution >= 4 is 57.1 Å². The van der Waals surface area contributed by atoms with Crippen LogP contribution in [-0.4, -0.2) is 9.97 Å². The van der Waals surface area contributed by atoms with Crippen LogP contribution in [0.2, 0.25) is 0 Å². The van der Waals surface area contributed by atoms with Crippen LogP contribution in [0.15, 0.2) is 261 Å². The summed E-state index contributed by atoms with van der Waals surface area (Å²) in [5.41, 5.74) is 16.3. The van der Waals surface area contributed by atoms with Gasteiger partial charge in [-0.1, -0.05) is 252 Å². The van der Waals surface area contributed by atoms with Crippen molar-refractivity contribution in [1.82, 2.24) is 9.97 Å². The summed E-state index contributed by atoms with van der Waals surface area (Å²) < 4.78 is 72.3. The molecule has 0 amide bonds. The fourth-order valence-electron chi connectivity index (χ4n) is 11.8. The summed E-state index contributed by atoms with van der Waals surface area (Å²) in [7, 11) is 0. The smallest absolute Gasteiger partial charge is 0.135 e. The molecule has 0 unspecified atom stereocenters. The molecule has 0 atom stereocenters. The molecule has 0 fully saturated rings. The summed E-state index contributed by atoms with van der Waals surface area (Å²) in [5, 5.41) is 0. The van der Waals surface area contributed by atoms with E-state index in [1.54, 1.807) is 18.5 Å². The predicted octanol–water partition coefficient (Wildman–Crippen LogP) is 21.6. The zero-order chi connectivity index (χ0) is 65.5. The van der Waals surface area contributed by atoms with Crippen LogP contribution in [0, 0.1) is 25.7 Å². The molecule has 10 aromatic carbocycles. The summed E-state index contributed by atoms with van der Waals surface area (Å²) in [5.74, 6) is 0.944. The topological polar surface area (TPSA) is 38.7 Å². The SMILES string of the molecule is [2H]c1c([2H])c([2H])c(-c2cccc(-c3cc(C(C)(C)C)cc(C(C)(C)C)c3)c2N2[CH-]N(c3[c-]c(N(c4[c-]c5c(cc4)-c4ccccc4-c4ccccc4N5c4cc(C([2H])([2H])[2H])c(-c5ccccc5)cn4)c4ccccc4)cc(-c4ccccc4)c3)c3cccnc32)c([2H])c1[2H].[Pt]. The van der Waals surface area contributed by atoms with Gasteiger partial charge in [0, 0.05) is 71.2 Å². The molecule has 0 aliphatic carbocycles. The van der Waals surface area contributed by atoms with E-state index >= 15 is 0 Å². The van der Waals surface area contributed by atoms with Crippen LogP contribution in [-0.2, 0) is 31.9 Å². The van der Waals surface area contributed by atoms with E-state index in [2.05, 4.69) is 148 Å². The number of pyridine rings is 2. The number of aryl methyl sites for hydroxylation is 1. The number of hydrogen-bond donors (Lipinski definition) is 0. The van der Waals surface area contributed by atoms with Crippen molar-refractivity contribution in [3.63, 3.8) is 0 Å². The van der Waals surface area contributed by atoms with Crippen LogP contribution in [0.25, 0.3) is 66.8 Å². The standard InChI is InChI=1S/C80H65N6.Pt/c1-54-44-76(82-52-72(54)57-30-16-10-17-31-57)86-73-39-23-22-36-70(73)68-34-20-21-35-69(68)71-42-41-63(51-75(71)86)85(62-32-18-11-19-33-62)65-48-58(55-26-12-8-13-27-55)47-64(50-65)83-53-84(78-74(83)40-25-43-81-78)77-66(56-28-14-9-15-29-56)37-24-38-67(77)59-45-60(79(2,3)4)49-61(46-59)80(5,6)7;/h8-49,52-53H,1-7H3;/q-3;/i1D3,9D,14D,15D,28D,29D;. The molecule has 0 spiro atoms. The van der Waals surface area contributed by atoms with Crippen molar-refractivity contribution in [2.45, 2.75) is 59.2 Å². The number of nitrogens with zero attached hydrogens (tertiary/aromatic N) is 6. The molecule has 7 heteroatoms. The second-order valence-corrected chi connectivity index (χ2v) is 23.8. The molecule has 14 rings (SSSR count). The van der Waals surface area contributed by atoms with Crippen molar-refractivity contribution in [1.29, 1.82) is 0 Å². The van der Waals surface area contributed by atoms with E-state index in [1.165, 1.54) is 0 Å². The molecule has 0 saturated carbocycles. The normalized spacial score (nSPS) is 14.0. The molecule has 6 nitrogen and oxygen atoms in total. The molecule has 428 valence electrons. The third kappa shape index (κ3) is 10.6. The third-order valence-electron chi connectivity index (χ3n) is 16.2. The van der Waals surface area contributed by atoms with Gasteiger partial charge in [0.25, 0.3) is 0 Å². The van der Waals surface area contributed by atoms with Gasteiger partial charge in [0.1, 0.15) is 11.6 Å². The maximum Gasteiger partial charge on any atom is 0.135 e. The van der Waals surface area contributed by atoms with Gasteiger partial charge < -0.3 is 19.6 Å². The quantitative estimate of drug-likeness (QED) is 0.127. The van der Waals surface area contributed by atoms with E-state index in [-0.39, 0.29) is 55.1 Å². The zero-order valence-electron chi connectivity index (χ0n) is 57.0. The molecule has 0 N–H and O–H groups in total. The Morgan fingerprint density at radius 3 is 1.77 bits per heavy atom. The molecule has 0 bridgehead atoms. The molecule has 2 aromatic heterocycles. The zero-order valence-corrected chi connectivity index (χ0v) is 51.3. The fourth-order valence-corrected chi connectivity index (χ4v) is 11.8. The van der Waals surface area contributed by atoms with Crippen molar-refractivity contribution in [2.24, 2.45) is 0 Å². The minimum atomic E-state index is -2.50. The number of para-hydroxylation sites is 3. The second-order valence-electron chi connectivity index (χ2n) is 23.8. The molecule has 87 heavy (non-hydrogen) atoms. The van der Waals surface area contributed by atoms with Crippen molar-refractivity contribution in [3.05, 3.63) is 296 Å². The number of anilines is 10. The van der Waals surface area contributed by atoms with E-state index < -0.39 is 25.0 Å². The van der Waals surface area contributed by atoms with Gasteiger partial charge >= 0.3 is 0 Å². The van der Waals surface area contributed by atoms with E-state index in [0.29, 0.717) is 56.9 Å². The predicted molar refractivity (Wildman–Crippen MR) is 359 cm³/mol. The van der Waals surface area contributed by atoms with Gasteiger partial charge in [0.15, 0.2) is 0 Å². The first-order valence-corrected chi connectivity index (χ1v) is 29.0. The van der Waals surface area contributed by atoms with E-state index in [0.717, 1.165) is 72.6 Å². The molecular weight excluding hydrogens is 1240 g/mol. The van der Waals surface area contributed by atoms with Gasteiger partial charge in [0.05, 0.1) is 18.2 Å². The first-order chi connectivity index (χ1) is 45.1. The van der Waals surface area contributed by atoms with Gasteiger partial charge in [-0.15, -0.1) is 53.8 Å². The van der Waals surface area contributed by atoms with Crippen molar-refractivity contribution in [3.8, 4) is 66.8 Å². The Labute approximate surface area is 538 Å². The van der Waals surface area contributed by atoms with Gasteiger partial charge in [-0.3, -0.25) is 0 Å². The fraction of sp³-hybridized carbons (Fsp3) is 0.113. The minimum Gasteiger partial charge on any atom is -0.492 e. The number of hydrogen-bond acceptors (Lipinski definition) is 6. The number of rotatable bonds is 10. The maximum absolute atomic E-state index is 9.46. The van der Waals surface area contributed by atoms with Gasteiger partial charge in [-0.05, 0) is 98.6 Å². The van der Waals surface area contributed by atoms with Crippen LogP contribution in [0.5, 0.6) is 0 Å². The maximum atomic E-state index is 9.46. The monoisotopic (exact) mass is 1310 g/mol. The summed E-state index contributed by atoms with van der Waals surface area (Å²) in [4.78, 5) is 18.5. The summed E-state index contributed by atoms with van der Waals surface area (Å²) in [6, 6.07) is 78.6. The average Bonchev–Trinajstić information content (AvgIpc) is 1.68. The van der Waals surface area contributed by atoms with Crippen LogP contribution in [0.3, 0.4) is 0 Å². The number of benzene rings is 10. The van der Waals surface area contributed by atoms with Crippen molar-refractivity contribution < 1.29 is 32.0 Å². The van der Waals surface area contributed by atoms with Crippen LogP contribution in [0.4, 0.5) is 57.1 Å². The summed E-state index contributed by atoms with van der Waals surface area (Å²) in [6.45, 7) is 12.6. The molecular formula is C80H65N6Pt-3. The Hall–Kier alpha value is -9.61. The first-order valence-electron chi connectivity index (χ1n) is 33.0. The van der Waals surface area contributed by atoms with Crippen molar-refractivity contribution in [2.75, 3.05) is 19.6 Å². The average molecular weight is 1310 g/mol. The van der Waals surface area contributed by atoms with E-state index in [1.807, 2.05) is 144 Å². The van der Waals surface area contributed by atoms with Gasteiger partial charge in [0.2, 0.25) is 0 Å². The Morgan fingerprint density at radius 1 is 0.471 bits per heavy atom.